The maximum absolute atomic E-state index is 11.6. The molecule has 0 saturated carbocycles. The maximum atomic E-state index is 11.6. The average molecular weight is 288 g/mol. The van der Waals surface area contributed by atoms with E-state index >= 15 is 0 Å². The molecule has 0 atom stereocenters. The van der Waals surface area contributed by atoms with Crippen molar-refractivity contribution < 1.29 is 9.90 Å². The molecule has 0 unspecified atom stereocenters. The van der Waals surface area contributed by atoms with Crippen LogP contribution >= 0.6 is 27.7 Å². The van der Waals surface area contributed by atoms with Gasteiger partial charge in [-0.25, -0.2) is 0 Å². The average Bonchev–Trinajstić information content (AvgIpc) is 2.22. The molecule has 0 bridgehead atoms. The molecule has 1 amide bonds. The first-order valence-corrected chi connectivity index (χ1v) is 6.34. The molecule has 0 aromatic heterocycles. The molecule has 1 aromatic carbocycles. The summed E-state index contributed by atoms with van der Waals surface area (Å²) in [6, 6.07) is 5.80. The maximum Gasteiger partial charge on any atom is 0.237 e. The second kappa shape index (κ2) is 4.55. The lowest BCUT2D eigenvalue weighted by Crippen LogP contribution is -2.37. The molecule has 0 spiro atoms. The zero-order valence-electron chi connectivity index (χ0n) is 7.94. The highest BCUT2D eigenvalue weighted by molar-refractivity contribution is 9.10. The van der Waals surface area contributed by atoms with E-state index in [9.17, 15) is 4.79 Å². The number of hydrogen-bond acceptors (Lipinski definition) is 3. The number of amides is 1. The number of rotatable bonds is 2. The van der Waals surface area contributed by atoms with Crippen LogP contribution < -0.4 is 4.90 Å². The predicted molar refractivity (Wildman–Crippen MR) is 64.3 cm³/mol. The Morgan fingerprint density at radius 3 is 3.07 bits per heavy atom. The van der Waals surface area contributed by atoms with Crippen LogP contribution in [0.3, 0.4) is 0 Å². The smallest absolute Gasteiger partial charge is 0.237 e. The summed E-state index contributed by atoms with van der Waals surface area (Å²) in [4.78, 5) is 14.3. The van der Waals surface area contributed by atoms with Crippen molar-refractivity contribution in [1.82, 2.24) is 0 Å². The van der Waals surface area contributed by atoms with E-state index in [4.69, 9.17) is 5.11 Å². The van der Waals surface area contributed by atoms with E-state index in [1.54, 1.807) is 4.90 Å². The van der Waals surface area contributed by atoms with Crippen molar-refractivity contribution in [2.24, 2.45) is 0 Å². The van der Waals surface area contributed by atoms with E-state index in [2.05, 4.69) is 15.9 Å². The predicted octanol–water partition coefficient (Wildman–Crippen LogP) is 1.88. The van der Waals surface area contributed by atoms with Gasteiger partial charge in [-0.15, -0.1) is 11.8 Å². The normalized spacial score (nSPS) is 15.3. The molecule has 80 valence electrons. The van der Waals surface area contributed by atoms with Crippen LogP contribution in [0.1, 0.15) is 0 Å². The van der Waals surface area contributed by atoms with Gasteiger partial charge in [0, 0.05) is 15.9 Å². The standard InChI is InChI=1S/C10H10BrNO2S/c11-7-1-2-8-9(5-7)15-6-10(14)12(8)3-4-13/h1-2,5,13H,3-4,6H2. The zero-order chi connectivity index (χ0) is 10.8. The van der Waals surface area contributed by atoms with Crippen molar-refractivity contribution in [3.05, 3.63) is 22.7 Å². The Morgan fingerprint density at radius 2 is 2.33 bits per heavy atom. The van der Waals surface area contributed by atoms with Crippen LogP contribution in [-0.4, -0.2) is 29.9 Å². The van der Waals surface area contributed by atoms with Gasteiger partial charge in [-0.1, -0.05) is 15.9 Å². The van der Waals surface area contributed by atoms with Gasteiger partial charge in [0.2, 0.25) is 5.91 Å². The lowest BCUT2D eigenvalue weighted by Gasteiger charge is -2.28. The van der Waals surface area contributed by atoms with Crippen molar-refractivity contribution in [1.29, 1.82) is 0 Å². The molecule has 1 N–H and O–H groups in total. The van der Waals surface area contributed by atoms with Gasteiger partial charge in [-0.3, -0.25) is 4.79 Å². The number of nitrogens with zero attached hydrogens (tertiary/aromatic N) is 1. The number of halogens is 1. The minimum Gasteiger partial charge on any atom is -0.395 e. The van der Waals surface area contributed by atoms with Crippen LogP contribution in [-0.2, 0) is 4.79 Å². The first-order chi connectivity index (χ1) is 7.22. The van der Waals surface area contributed by atoms with Crippen LogP contribution in [0.2, 0.25) is 0 Å². The highest BCUT2D eigenvalue weighted by atomic mass is 79.9. The van der Waals surface area contributed by atoms with Gasteiger partial charge in [0.15, 0.2) is 0 Å². The minimum atomic E-state index is -0.00803. The van der Waals surface area contributed by atoms with Gasteiger partial charge >= 0.3 is 0 Å². The third kappa shape index (κ3) is 2.19. The van der Waals surface area contributed by atoms with Gasteiger partial charge in [0.25, 0.3) is 0 Å². The molecular formula is C10H10BrNO2S. The molecule has 15 heavy (non-hydrogen) atoms. The van der Waals surface area contributed by atoms with E-state index in [1.807, 2.05) is 18.2 Å². The summed E-state index contributed by atoms with van der Waals surface area (Å²) >= 11 is 4.94. The summed E-state index contributed by atoms with van der Waals surface area (Å²) in [6.07, 6.45) is 0. The SMILES string of the molecule is O=C1CSc2cc(Br)ccc2N1CCO. The Labute approximate surface area is 101 Å². The van der Waals surface area contributed by atoms with Crippen LogP contribution in [0.4, 0.5) is 5.69 Å². The van der Waals surface area contributed by atoms with E-state index in [1.165, 1.54) is 11.8 Å². The Kier molecular flexibility index (Phi) is 3.33. The highest BCUT2D eigenvalue weighted by Crippen LogP contribution is 2.36. The molecule has 0 fully saturated rings. The van der Waals surface area contributed by atoms with E-state index in [0.29, 0.717) is 12.3 Å². The van der Waals surface area contributed by atoms with Gasteiger partial charge in [0.05, 0.1) is 18.0 Å². The Morgan fingerprint density at radius 1 is 1.53 bits per heavy atom. The van der Waals surface area contributed by atoms with Gasteiger partial charge in [-0.05, 0) is 18.2 Å². The number of aliphatic hydroxyl groups excluding tert-OH is 1. The fourth-order valence-electron chi connectivity index (χ4n) is 1.52. The summed E-state index contributed by atoms with van der Waals surface area (Å²) in [5, 5.41) is 8.91. The van der Waals surface area contributed by atoms with Gasteiger partial charge in [0.1, 0.15) is 0 Å². The Bertz CT molecular complexity index is 397. The van der Waals surface area contributed by atoms with Crippen LogP contribution in [0, 0.1) is 0 Å². The third-order valence-corrected chi connectivity index (χ3v) is 3.71. The first-order valence-electron chi connectivity index (χ1n) is 4.56. The molecule has 0 radical (unpaired) electrons. The number of anilines is 1. The third-order valence-electron chi connectivity index (χ3n) is 2.19. The van der Waals surface area contributed by atoms with Crippen molar-refractivity contribution in [3.8, 4) is 0 Å². The number of β-amino-alcohol motifs (C(OH)–C–C–N with tert-alkyl or cyclic N) is 1. The summed E-state index contributed by atoms with van der Waals surface area (Å²) in [5.74, 6) is 0.507. The lowest BCUT2D eigenvalue weighted by molar-refractivity contribution is -0.116. The fraction of sp³-hybridized carbons (Fsp3) is 0.300. The Balaban J connectivity index is 2.39. The molecule has 1 aliphatic heterocycles. The molecule has 3 nitrogen and oxygen atoms in total. The monoisotopic (exact) mass is 287 g/mol. The van der Waals surface area contributed by atoms with E-state index in [-0.39, 0.29) is 12.5 Å². The van der Waals surface area contributed by atoms with Crippen molar-refractivity contribution in [2.45, 2.75) is 4.90 Å². The minimum absolute atomic E-state index is 0.00803. The molecular weight excluding hydrogens is 278 g/mol. The number of aliphatic hydroxyl groups is 1. The van der Waals surface area contributed by atoms with Crippen molar-refractivity contribution in [3.63, 3.8) is 0 Å². The number of thioether (sulfide) groups is 1. The summed E-state index contributed by atoms with van der Waals surface area (Å²) in [7, 11) is 0. The molecule has 5 heteroatoms. The Hall–Kier alpha value is -0.520. The molecule has 1 aromatic rings. The van der Waals surface area contributed by atoms with Crippen LogP contribution in [0.5, 0.6) is 0 Å². The van der Waals surface area contributed by atoms with E-state index < -0.39 is 0 Å². The summed E-state index contributed by atoms with van der Waals surface area (Å²) < 4.78 is 1.01. The number of carbonyl (C=O) groups excluding carboxylic acids is 1. The molecule has 1 aliphatic rings. The van der Waals surface area contributed by atoms with Crippen LogP contribution in [0.15, 0.2) is 27.6 Å². The fourth-order valence-corrected chi connectivity index (χ4v) is 3.01. The van der Waals surface area contributed by atoms with Crippen LogP contribution in [0.25, 0.3) is 0 Å². The van der Waals surface area contributed by atoms with Crippen molar-refractivity contribution in [2.75, 3.05) is 23.8 Å². The second-order valence-electron chi connectivity index (χ2n) is 3.17. The zero-order valence-corrected chi connectivity index (χ0v) is 10.3. The molecule has 2 rings (SSSR count). The van der Waals surface area contributed by atoms with Crippen molar-refractivity contribution >= 4 is 39.3 Å². The highest BCUT2D eigenvalue weighted by Gasteiger charge is 2.23. The number of hydrogen-bond donors (Lipinski definition) is 1. The number of carbonyl (C=O) groups is 1. The molecule has 0 saturated heterocycles. The topological polar surface area (TPSA) is 40.5 Å². The first kappa shape index (κ1) is 11.0. The quantitative estimate of drug-likeness (QED) is 0.903. The molecule has 1 heterocycles. The van der Waals surface area contributed by atoms with Gasteiger partial charge in [-0.2, -0.15) is 0 Å². The summed E-state index contributed by atoms with van der Waals surface area (Å²) in [5.41, 5.74) is 0.897. The lowest BCUT2D eigenvalue weighted by atomic mass is 10.2. The summed E-state index contributed by atoms with van der Waals surface area (Å²) in [6.45, 7) is 0.361. The number of fused-ring (bicyclic) bond motifs is 1. The largest absolute Gasteiger partial charge is 0.395 e. The second-order valence-corrected chi connectivity index (χ2v) is 5.10. The molecule has 0 aliphatic carbocycles. The number of benzene rings is 1. The van der Waals surface area contributed by atoms with E-state index in [0.717, 1.165) is 15.1 Å². The van der Waals surface area contributed by atoms with Gasteiger partial charge < -0.3 is 10.0 Å².